The number of thioether (sulfide) groups is 1. The Morgan fingerprint density at radius 2 is 1.79 bits per heavy atom. The number of rotatable bonds is 5. The molecule has 0 aliphatic rings. The van der Waals surface area contributed by atoms with Crippen molar-refractivity contribution < 1.29 is 8.78 Å². The molecular formula is C17H12ClF2N3S. The molecule has 0 amide bonds. The van der Waals surface area contributed by atoms with E-state index in [4.69, 9.17) is 11.6 Å². The molecule has 3 aromatic rings. The highest BCUT2D eigenvalue weighted by molar-refractivity contribution is 7.98. The molecule has 122 valence electrons. The molecule has 0 bridgehead atoms. The van der Waals surface area contributed by atoms with E-state index in [1.165, 1.54) is 36.0 Å². The van der Waals surface area contributed by atoms with E-state index in [-0.39, 0.29) is 11.6 Å². The Balaban J connectivity index is 1.62. The van der Waals surface area contributed by atoms with Gasteiger partial charge in [0.2, 0.25) is 5.16 Å². The molecule has 0 spiro atoms. The van der Waals surface area contributed by atoms with Gasteiger partial charge in [-0.15, -0.1) is 5.10 Å². The third-order valence-electron chi connectivity index (χ3n) is 3.16. The fourth-order valence-electron chi connectivity index (χ4n) is 1.93. The van der Waals surface area contributed by atoms with Crippen LogP contribution in [0.25, 0.3) is 12.2 Å². The van der Waals surface area contributed by atoms with Crippen LogP contribution in [0.1, 0.15) is 17.0 Å². The van der Waals surface area contributed by atoms with Gasteiger partial charge in [0.15, 0.2) is 0 Å². The zero-order chi connectivity index (χ0) is 16.9. The summed E-state index contributed by atoms with van der Waals surface area (Å²) in [6.07, 6.45) is 3.57. The highest BCUT2D eigenvalue weighted by atomic mass is 35.5. The number of aromatic nitrogens is 3. The molecule has 1 aromatic heterocycles. The lowest BCUT2D eigenvalue weighted by Crippen LogP contribution is -1.85. The monoisotopic (exact) mass is 363 g/mol. The average molecular weight is 364 g/mol. The van der Waals surface area contributed by atoms with E-state index in [1.54, 1.807) is 24.3 Å². The molecule has 3 rings (SSSR count). The second-order valence-electron chi connectivity index (χ2n) is 4.91. The van der Waals surface area contributed by atoms with Crippen LogP contribution in [0.2, 0.25) is 5.02 Å². The van der Waals surface area contributed by atoms with Crippen molar-refractivity contribution >= 4 is 35.5 Å². The van der Waals surface area contributed by atoms with Gasteiger partial charge in [0.25, 0.3) is 0 Å². The van der Waals surface area contributed by atoms with Gasteiger partial charge in [0.05, 0.1) is 0 Å². The van der Waals surface area contributed by atoms with Crippen molar-refractivity contribution in [3.63, 3.8) is 0 Å². The van der Waals surface area contributed by atoms with Gasteiger partial charge < -0.3 is 0 Å². The third kappa shape index (κ3) is 4.43. The van der Waals surface area contributed by atoms with Crippen LogP contribution in [0.3, 0.4) is 0 Å². The Kier molecular flexibility index (Phi) is 5.27. The zero-order valence-electron chi connectivity index (χ0n) is 12.3. The van der Waals surface area contributed by atoms with Crippen LogP contribution in [0.5, 0.6) is 0 Å². The van der Waals surface area contributed by atoms with E-state index in [0.29, 0.717) is 21.8 Å². The summed E-state index contributed by atoms with van der Waals surface area (Å²) >= 11 is 7.38. The van der Waals surface area contributed by atoms with E-state index in [1.807, 2.05) is 6.08 Å². The summed E-state index contributed by atoms with van der Waals surface area (Å²) in [6, 6.07) is 10.4. The Hall–Kier alpha value is -2.18. The largest absolute Gasteiger partial charge is 0.259 e. The summed E-state index contributed by atoms with van der Waals surface area (Å²) in [5, 5.41) is 7.86. The van der Waals surface area contributed by atoms with Gasteiger partial charge in [0.1, 0.15) is 17.5 Å². The standard InChI is InChI=1S/C17H12ClF2N3S/c18-15-9-14(20)7-4-12(15)10-24-17-21-16(22-23-17)8-3-11-1-5-13(19)6-2-11/h1-9H,10H2,(H,21,22,23)/b8-3+. The lowest BCUT2D eigenvalue weighted by molar-refractivity contribution is 0.627. The molecule has 2 aromatic carbocycles. The number of aromatic amines is 1. The van der Waals surface area contributed by atoms with Crippen molar-refractivity contribution in [2.45, 2.75) is 10.9 Å². The van der Waals surface area contributed by atoms with Gasteiger partial charge in [0, 0.05) is 10.8 Å². The Labute approximate surface area is 146 Å². The quantitative estimate of drug-likeness (QED) is 0.633. The molecule has 3 nitrogen and oxygen atoms in total. The van der Waals surface area contributed by atoms with Crippen LogP contribution in [0.4, 0.5) is 8.78 Å². The van der Waals surface area contributed by atoms with Gasteiger partial charge in [-0.05, 0) is 41.5 Å². The van der Waals surface area contributed by atoms with E-state index < -0.39 is 0 Å². The number of nitrogens with zero attached hydrogens (tertiary/aromatic N) is 2. The second kappa shape index (κ2) is 7.59. The van der Waals surface area contributed by atoms with Crippen LogP contribution in [-0.2, 0) is 5.75 Å². The van der Waals surface area contributed by atoms with Crippen molar-refractivity contribution in [3.8, 4) is 0 Å². The third-order valence-corrected chi connectivity index (χ3v) is 4.41. The number of nitrogens with one attached hydrogen (secondary N) is 1. The minimum atomic E-state index is -0.361. The summed E-state index contributed by atoms with van der Waals surface area (Å²) in [6.45, 7) is 0. The Bertz CT molecular complexity index is 863. The van der Waals surface area contributed by atoms with E-state index in [2.05, 4.69) is 15.2 Å². The number of H-pyrrole nitrogens is 1. The summed E-state index contributed by atoms with van der Waals surface area (Å²) in [5.41, 5.74) is 1.68. The summed E-state index contributed by atoms with van der Waals surface area (Å²) < 4.78 is 25.9. The summed E-state index contributed by atoms with van der Waals surface area (Å²) in [7, 11) is 0. The molecule has 0 atom stereocenters. The summed E-state index contributed by atoms with van der Waals surface area (Å²) in [4.78, 5) is 4.32. The maximum atomic E-state index is 13.0. The highest BCUT2D eigenvalue weighted by Crippen LogP contribution is 2.25. The number of halogens is 3. The van der Waals surface area contributed by atoms with Crippen molar-refractivity contribution in [2.75, 3.05) is 0 Å². The average Bonchev–Trinajstić information content (AvgIpc) is 3.01. The van der Waals surface area contributed by atoms with E-state index in [9.17, 15) is 8.78 Å². The second-order valence-corrected chi connectivity index (χ2v) is 6.26. The SMILES string of the molecule is Fc1ccc(/C=C/c2nc(SCc3ccc(F)cc3Cl)n[nH]2)cc1. The first kappa shape index (κ1) is 16.7. The first-order valence-electron chi connectivity index (χ1n) is 7.03. The fraction of sp³-hybridized carbons (Fsp3) is 0.0588. The van der Waals surface area contributed by atoms with Gasteiger partial charge in [-0.2, -0.15) is 0 Å². The predicted molar refractivity (Wildman–Crippen MR) is 92.7 cm³/mol. The number of benzene rings is 2. The highest BCUT2D eigenvalue weighted by Gasteiger charge is 2.06. The van der Waals surface area contributed by atoms with E-state index >= 15 is 0 Å². The van der Waals surface area contributed by atoms with Crippen molar-refractivity contribution in [1.29, 1.82) is 0 Å². The normalized spacial score (nSPS) is 11.3. The predicted octanol–water partition coefficient (Wildman–Crippen LogP) is 5.20. The maximum Gasteiger partial charge on any atom is 0.209 e. The first-order valence-corrected chi connectivity index (χ1v) is 8.39. The molecule has 1 N–H and O–H groups in total. The molecule has 0 fully saturated rings. The van der Waals surface area contributed by atoms with Crippen molar-refractivity contribution in [3.05, 3.63) is 76.1 Å². The van der Waals surface area contributed by atoms with Crippen LogP contribution >= 0.6 is 23.4 Å². The smallest absolute Gasteiger partial charge is 0.209 e. The van der Waals surface area contributed by atoms with Gasteiger partial charge in [-0.1, -0.05) is 47.6 Å². The Morgan fingerprint density at radius 3 is 2.54 bits per heavy atom. The van der Waals surface area contributed by atoms with Crippen molar-refractivity contribution in [2.24, 2.45) is 0 Å². The molecular weight excluding hydrogens is 352 g/mol. The molecule has 0 saturated heterocycles. The van der Waals surface area contributed by atoms with Crippen LogP contribution in [0, 0.1) is 11.6 Å². The lowest BCUT2D eigenvalue weighted by Gasteiger charge is -2.01. The molecule has 0 aliphatic heterocycles. The van der Waals surface area contributed by atoms with E-state index in [0.717, 1.165) is 11.1 Å². The fourth-order valence-corrected chi connectivity index (χ4v) is 3.05. The van der Waals surface area contributed by atoms with Crippen molar-refractivity contribution in [1.82, 2.24) is 15.2 Å². The minimum absolute atomic E-state index is 0.273. The van der Waals surface area contributed by atoms with Gasteiger partial charge in [-0.25, -0.2) is 13.8 Å². The van der Waals surface area contributed by atoms with Gasteiger partial charge >= 0.3 is 0 Å². The molecule has 7 heteroatoms. The van der Waals surface area contributed by atoms with Crippen LogP contribution in [0.15, 0.2) is 47.6 Å². The lowest BCUT2D eigenvalue weighted by atomic mass is 10.2. The maximum absolute atomic E-state index is 13.0. The molecule has 0 unspecified atom stereocenters. The Morgan fingerprint density at radius 1 is 1.04 bits per heavy atom. The molecule has 0 radical (unpaired) electrons. The molecule has 1 heterocycles. The number of hydrogen-bond donors (Lipinski definition) is 1. The minimum Gasteiger partial charge on any atom is -0.259 e. The van der Waals surface area contributed by atoms with Gasteiger partial charge in [-0.3, -0.25) is 5.10 Å². The number of hydrogen-bond acceptors (Lipinski definition) is 3. The zero-order valence-corrected chi connectivity index (χ0v) is 13.9. The van der Waals surface area contributed by atoms with Crippen LogP contribution in [-0.4, -0.2) is 15.2 Å². The topological polar surface area (TPSA) is 41.6 Å². The summed E-state index contributed by atoms with van der Waals surface area (Å²) in [5.74, 6) is 0.495. The molecule has 0 saturated carbocycles. The molecule has 24 heavy (non-hydrogen) atoms. The van der Waals surface area contributed by atoms with Crippen LogP contribution < -0.4 is 0 Å². The first-order chi connectivity index (χ1) is 11.6. The molecule has 0 aliphatic carbocycles.